The van der Waals surface area contributed by atoms with Gasteiger partial charge in [-0.2, -0.15) is 0 Å². The monoisotopic (exact) mass is 226 g/mol. The fourth-order valence-electron chi connectivity index (χ4n) is 2.01. The highest BCUT2D eigenvalue weighted by atomic mass is 35.5. The second kappa shape index (κ2) is 4.39. The molecule has 0 amide bonds. The number of nitrogen functional groups attached to an aromatic ring is 1. The number of benzene rings is 1. The molecule has 0 spiro atoms. The maximum atomic E-state index is 10.1. The zero-order chi connectivity index (χ0) is 10.8. The Morgan fingerprint density at radius 1 is 1.53 bits per heavy atom. The summed E-state index contributed by atoms with van der Waals surface area (Å²) in [7, 11) is 0. The molecule has 1 saturated heterocycles. The number of aliphatic hydroxyl groups is 1. The average molecular weight is 227 g/mol. The molecule has 2 unspecified atom stereocenters. The fourth-order valence-corrected chi connectivity index (χ4v) is 2.19. The number of para-hydroxylation sites is 1. The Morgan fingerprint density at radius 3 is 3.00 bits per heavy atom. The summed E-state index contributed by atoms with van der Waals surface area (Å²) < 4.78 is 0. The van der Waals surface area contributed by atoms with Gasteiger partial charge in [0, 0.05) is 18.0 Å². The molecule has 1 heterocycles. The maximum Gasteiger partial charge on any atom is 0.0851 e. The van der Waals surface area contributed by atoms with Crippen molar-refractivity contribution in [3.8, 4) is 0 Å². The van der Waals surface area contributed by atoms with Gasteiger partial charge in [-0.05, 0) is 19.0 Å². The molecule has 0 saturated carbocycles. The number of rotatable bonds is 2. The standard InChI is InChI=1S/C11H15ClN2O/c12-9-3-1-2-8(10(9)13)11(15)7-4-5-14-6-7/h1-3,7,11,14-15H,4-6,13H2. The molecule has 15 heavy (non-hydrogen) atoms. The van der Waals surface area contributed by atoms with Crippen LogP contribution in [0.15, 0.2) is 18.2 Å². The van der Waals surface area contributed by atoms with E-state index in [4.69, 9.17) is 17.3 Å². The molecule has 2 atom stereocenters. The van der Waals surface area contributed by atoms with E-state index in [1.807, 2.05) is 12.1 Å². The molecule has 3 nitrogen and oxygen atoms in total. The molecule has 0 aliphatic carbocycles. The van der Waals surface area contributed by atoms with Crippen LogP contribution in [-0.4, -0.2) is 18.2 Å². The topological polar surface area (TPSA) is 58.3 Å². The van der Waals surface area contributed by atoms with Crippen molar-refractivity contribution in [1.82, 2.24) is 5.32 Å². The van der Waals surface area contributed by atoms with Crippen LogP contribution in [0.25, 0.3) is 0 Å². The number of halogens is 1. The molecule has 4 heteroatoms. The molecule has 0 bridgehead atoms. The third-order valence-corrected chi connectivity index (χ3v) is 3.28. The predicted octanol–water partition coefficient (Wildman–Crippen LogP) is 1.57. The van der Waals surface area contributed by atoms with Crippen molar-refractivity contribution >= 4 is 17.3 Å². The third-order valence-electron chi connectivity index (χ3n) is 2.95. The Hall–Kier alpha value is -0.770. The number of nitrogens with two attached hydrogens (primary N) is 1. The van der Waals surface area contributed by atoms with Crippen molar-refractivity contribution in [1.29, 1.82) is 0 Å². The van der Waals surface area contributed by atoms with Gasteiger partial charge in [0.1, 0.15) is 0 Å². The smallest absolute Gasteiger partial charge is 0.0851 e. The van der Waals surface area contributed by atoms with Gasteiger partial charge in [0.25, 0.3) is 0 Å². The molecule has 0 radical (unpaired) electrons. The first-order chi connectivity index (χ1) is 7.20. The lowest BCUT2D eigenvalue weighted by Crippen LogP contribution is -2.17. The van der Waals surface area contributed by atoms with E-state index >= 15 is 0 Å². The van der Waals surface area contributed by atoms with Crippen LogP contribution in [-0.2, 0) is 0 Å². The first-order valence-corrected chi connectivity index (χ1v) is 5.50. The zero-order valence-corrected chi connectivity index (χ0v) is 9.17. The normalized spacial score (nSPS) is 22.9. The van der Waals surface area contributed by atoms with Crippen LogP contribution in [0.2, 0.25) is 5.02 Å². The summed E-state index contributed by atoms with van der Waals surface area (Å²) in [5, 5.41) is 13.9. The second-order valence-corrected chi connectivity index (χ2v) is 4.35. The largest absolute Gasteiger partial charge is 0.397 e. The van der Waals surface area contributed by atoms with Gasteiger partial charge in [0.15, 0.2) is 0 Å². The molecule has 1 aromatic carbocycles. The molecule has 1 fully saturated rings. The van der Waals surface area contributed by atoms with Gasteiger partial charge in [-0.25, -0.2) is 0 Å². The minimum atomic E-state index is -0.515. The number of aliphatic hydroxyl groups excluding tert-OH is 1. The van der Waals surface area contributed by atoms with Crippen molar-refractivity contribution in [2.45, 2.75) is 12.5 Å². The first-order valence-electron chi connectivity index (χ1n) is 5.13. The summed E-state index contributed by atoms with van der Waals surface area (Å²) in [6.07, 6.45) is 0.464. The predicted molar refractivity (Wildman–Crippen MR) is 61.8 cm³/mol. The van der Waals surface area contributed by atoms with Gasteiger partial charge in [-0.1, -0.05) is 23.7 Å². The molecule has 1 aromatic rings. The van der Waals surface area contributed by atoms with Crippen LogP contribution in [0.3, 0.4) is 0 Å². The Bertz CT molecular complexity index is 350. The summed E-state index contributed by atoms with van der Waals surface area (Å²) in [6, 6.07) is 5.39. The van der Waals surface area contributed by atoms with Crippen LogP contribution in [0, 0.1) is 5.92 Å². The highest BCUT2D eigenvalue weighted by Crippen LogP contribution is 2.33. The highest BCUT2D eigenvalue weighted by molar-refractivity contribution is 6.33. The quantitative estimate of drug-likeness (QED) is 0.671. The lowest BCUT2D eigenvalue weighted by atomic mass is 9.94. The van der Waals surface area contributed by atoms with Gasteiger partial charge in [-0.3, -0.25) is 0 Å². The fraction of sp³-hybridized carbons (Fsp3) is 0.455. The minimum absolute atomic E-state index is 0.241. The molecular formula is C11H15ClN2O. The molecule has 4 N–H and O–H groups in total. The number of nitrogens with one attached hydrogen (secondary N) is 1. The maximum absolute atomic E-state index is 10.1. The van der Waals surface area contributed by atoms with E-state index in [1.54, 1.807) is 6.07 Å². The third kappa shape index (κ3) is 2.09. The number of hydrogen-bond donors (Lipinski definition) is 3. The average Bonchev–Trinajstić information content (AvgIpc) is 2.74. The van der Waals surface area contributed by atoms with Crippen LogP contribution in [0.1, 0.15) is 18.1 Å². The van der Waals surface area contributed by atoms with E-state index in [2.05, 4.69) is 5.32 Å². The minimum Gasteiger partial charge on any atom is -0.397 e. The SMILES string of the molecule is Nc1c(Cl)cccc1C(O)C1CCNC1. The van der Waals surface area contributed by atoms with E-state index in [-0.39, 0.29) is 5.92 Å². The van der Waals surface area contributed by atoms with Crippen molar-refractivity contribution in [3.05, 3.63) is 28.8 Å². The summed E-state index contributed by atoms with van der Waals surface area (Å²) in [5.74, 6) is 0.241. The van der Waals surface area contributed by atoms with E-state index < -0.39 is 6.10 Å². The van der Waals surface area contributed by atoms with Gasteiger partial charge in [0.05, 0.1) is 16.8 Å². The first kappa shape index (κ1) is 10.7. The molecule has 1 aliphatic heterocycles. The van der Waals surface area contributed by atoms with Gasteiger partial charge >= 0.3 is 0 Å². The van der Waals surface area contributed by atoms with E-state index in [0.29, 0.717) is 10.7 Å². The van der Waals surface area contributed by atoms with Crippen LogP contribution >= 0.6 is 11.6 Å². The summed E-state index contributed by atoms with van der Waals surface area (Å²) >= 11 is 5.91. The lowest BCUT2D eigenvalue weighted by Gasteiger charge is -2.19. The van der Waals surface area contributed by atoms with E-state index in [9.17, 15) is 5.11 Å². The van der Waals surface area contributed by atoms with Gasteiger partial charge in [-0.15, -0.1) is 0 Å². The van der Waals surface area contributed by atoms with Crippen molar-refractivity contribution in [2.24, 2.45) is 5.92 Å². The Kier molecular flexibility index (Phi) is 3.14. The van der Waals surface area contributed by atoms with Crippen molar-refractivity contribution < 1.29 is 5.11 Å². The van der Waals surface area contributed by atoms with Gasteiger partial charge < -0.3 is 16.2 Å². The molecule has 2 rings (SSSR count). The van der Waals surface area contributed by atoms with E-state index in [1.165, 1.54) is 0 Å². The lowest BCUT2D eigenvalue weighted by molar-refractivity contribution is 0.119. The van der Waals surface area contributed by atoms with Crippen molar-refractivity contribution in [2.75, 3.05) is 18.8 Å². The zero-order valence-electron chi connectivity index (χ0n) is 8.41. The Balaban J connectivity index is 2.24. The summed E-state index contributed by atoms with van der Waals surface area (Å²) in [5.41, 5.74) is 7.08. The molecule has 0 aromatic heterocycles. The Labute approximate surface area is 94.2 Å². The number of hydrogen-bond acceptors (Lipinski definition) is 3. The van der Waals surface area contributed by atoms with Crippen LogP contribution < -0.4 is 11.1 Å². The molecular weight excluding hydrogens is 212 g/mol. The summed E-state index contributed by atoms with van der Waals surface area (Å²) in [4.78, 5) is 0. The second-order valence-electron chi connectivity index (χ2n) is 3.94. The van der Waals surface area contributed by atoms with Gasteiger partial charge in [0.2, 0.25) is 0 Å². The number of anilines is 1. The van der Waals surface area contributed by atoms with E-state index in [0.717, 1.165) is 25.1 Å². The molecule has 1 aliphatic rings. The highest BCUT2D eigenvalue weighted by Gasteiger charge is 2.25. The Morgan fingerprint density at radius 2 is 2.33 bits per heavy atom. The van der Waals surface area contributed by atoms with Crippen LogP contribution in [0.4, 0.5) is 5.69 Å². The van der Waals surface area contributed by atoms with Crippen molar-refractivity contribution in [3.63, 3.8) is 0 Å². The molecule has 82 valence electrons. The van der Waals surface area contributed by atoms with Crippen LogP contribution in [0.5, 0.6) is 0 Å². The summed E-state index contributed by atoms with van der Waals surface area (Å²) in [6.45, 7) is 1.80.